The summed E-state index contributed by atoms with van der Waals surface area (Å²) in [6.07, 6.45) is 4.79. The van der Waals surface area contributed by atoms with E-state index in [1.807, 2.05) is 53.4 Å². The SMILES string of the molecule is C=C(CCC=O)c1ccc(CC(NC(=O)OCC2c3ccccc3-c3ccccc32)C(=O)N2CCCCC2)cc1. The van der Waals surface area contributed by atoms with E-state index in [1.54, 1.807) is 0 Å². The largest absolute Gasteiger partial charge is 0.449 e. The number of alkyl carbamates (subject to hydrolysis) is 1. The van der Waals surface area contributed by atoms with Gasteiger partial charge in [0, 0.05) is 31.8 Å². The van der Waals surface area contributed by atoms with Gasteiger partial charge in [-0.1, -0.05) is 79.4 Å². The molecule has 3 aromatic carbocycles. The molecule has 2 amide bonds. The Morgan fingerprint density at radius 1 is 0.925 bits per heavy atom. The summed E-state index contributed by atoms with van der Waals surface area (Å²) in [6, 6.07) is 23.5. The van der Waals surface area contributed by atoms with Crippen LogP contribution in [0, 0.1) is 0 Å². The maximum absolute atomic E-state index is 13.5. The van der Waals surface area contributed by atoms with Crippen molar-refractivity contribution < 1.29 is 19.1 Å². The molecule has 1 N–H and O–H groups in total. The molecule has 0 saturated carbocycles. The molecule has 2 aliphatic rings. The average Bonchev–Trinajstić information content (AvgIpc) is 3.32. The number of ether oxygens (including phenoxy) is 1. The van der Waals surface area contributed by atoms with Crippen molar-refractivity contribution in [2.45, 2.75) is 50.5 Å². The third kappa shape index (κ3) is 6.17. The highest BCUT2D eigenvalue weighted by Gasteiger charge is 2.31. The van der Waals surface area contributed by atoms with E-state index < -0.39 is 12.1 Å². The molecule has 0 spiro atoms. The Morgan fingerprint density at radius 3 is 2.17 bits per heavy atom. The van der Waals surface area contributed by atoms with Crippen molar-refractivity contribution in [3.8, 4) is 11.1 Å². The third-order valence-corrected chi connectivity index (χ3v) is 7.97. The number of nitrogens with zero attached hydrogens (tertiary/aromatic N) is 1. The Bertz CT molecular complexity index is 1330. The number of allylic oxidation sites excluding steroid dienone is 1. The van der Waals surface area contributed by atoms with Gasteiger partial charge in [-0.15, -0.1) is 0 Å². The normalized spacial score (nSPS) is 15.1. The number of likely N-dealkylation sites (tertiary alicyclic amines) is 1. The molecule has 206 valence electrons. The molecule has 3 aromatic rings. The van der Waals surface area contributed by atoms with Gasteiger partial charge in [0.15, 0.2) is 0 Å². The standard InChI is InChI=1S/C34H36N2O4/c1-24(10-9-21-37)26-17-15-25(16-18-26)22-32(33(38)36-19-7-2-8-20-36)35-34(39)40-23-31-29-13-5-3-11-27(29)28-12-4-6-14-30(28)31/h3-6,11-18,21,31-32H,1-2,7-10,19-20,22-23H2,(H,35,39). The van der Waals surface area contributed by atoms with E-state index in [2.05, 4.69) is 36.2 Å². The number of fused-ring (bicyclic) bond motifs is 3. The molecule has 0 radical (unpaired) electrons. The summed E-state index contributed by atoms with van der Waals surface area (Å²) in [6.45, 7) is 5.68. The first-order valence-electron chi connectivity index (χ1n) is 14.2. The number of carbonyl (C=O) groups is 3. The summed E-state index contributed by atoms with van der Waals surface area (Å²) in [5.74, 6) is -0.123. The molecule has 5 rings (SSSR count). The summed E-state index contributed by atoms with van der Waals surface area (Å²) in [5.41, 5.74) is 7.43. The molecule has 1 heterocycles. The molecule has 6 nitrogen and oxygen atoms in total. The Kier molecular flexibility index (Phi) is 8.74. The zero-order chi connectivity index (χ0) is 27.9. The first-order chi connectivity index (χ1) is 19.5. The van der Waals surface area contributed by atoms with Crippen molar-refractivity contribution in [2.24, 2.45) is 0 Å². The van der Waals surface area contributed by atoms with Gasteiger partial charge in [0.05, 0.1) is 0 Å². The molecule has 1 aliphatic heterocycles. The second-order valence-electron chi connectivity index (χ2n) is 10.6. The van der Waals surface area contributed by atoms with Gasteiger partial charge in [0.1, 0.15) is 18.9 Å². The summed E-state index contributed by atoms with van der Waals surface area (Å²) in [7, 11) is 0. The molecule has 0 bridgehead atoms. The number of nitrogens with one attached hydrogen (secondary N) is 1. The third-order valence-electron chi connectivity index (χ3n) is 7.97. The Morgan fingerprint density at radius 2 is 1.55 bits per heavy atom. The van der Waals surface area contributed by atoms with Gasteiger partial charge in [-0.25, -0.2) is 4.79 Å². The fourth-order valence-electron chi connectivity index (χ4n) is 5.81. The minimum absolute atomic E-state index is 0.0470. The second-order valence-corrected chi connectivity index (χ2v) is 10.6. The van der Waals surface area contributed by atoms with E-state index in [4.69, 9.17) is 4.74 Å². The molecule has 1 aliphatic carbocycles. The van der Waals surface area contributed by atoms with E-state index in [1.165, 1.54) is 11.1 Å². The van der Waals surface area contributed by atoms with Crippen LogP contribution in [0.25, 0.3) is 16.7 Å². The van der Waals surface area contributed by atoms with Crippen LogP contribution in [0.4, 0.5) is 4.79 Å². The maximum atomic E-state index is 13.5. The minimum atomic E-state index is -0.724. The number of piperidine rings is 1. The molecule has 1 atom stereocenters. The lowest BCUT2D eigenvalue weighted by Gasteiger charge is -2.30. The van der Waals surface area contributed by atoms with Crippen molar-refractivity contribution in [2.75, 3.05) is 19.7 Å². The van der Waals surface area contributed by atoms with Crippen LogP contribution in [0.2, 0.25) is 0 Å². The van der Waals surface area contributed by atoms with Gasteiger partial charge < -0.3 is 19.7 Å². The lowest BCUT2D eigenvalue weighted by atomic mass is 9.98. The number of rotatable bonds is 10. The fraction of sp³-hybridized carbons (Fsp3) is 0.324. The fourth-order valence-corrected chi connectivity index (χ4v) is 5.81. The lowest BCUT2D eigenvalue weighted by Crippen LogP contribution is -2.51. The predicted molar refractivity (Wildman–Crippen MR) is 157 cm³/mol. The Hall–Kier alpha value is -4.19. The first kappa shape index (κ1) is 27.4. The molecular formula is C34H36N2O4. The number of amides is 2. The highest BCUT2D eigenvalue weighted by molar-refractivity contribution is 5.86. The molecule has 1 unspecified atom stereocenters. The average molecular weight is 537 g/mol. The number of aldehydes is 1. The monoisotopic (exact) mass is 536 g/mol. The van der Waals surface area contributed by atoms with Gasteiger partial charge in [-0.2, -0.15) is 0 Å². The van der Waals surface area contributed by atoms with Gasteiger partial charge in [-0.05, 0) is 64.6 Å². The van der Waals surface area contributed by atoms with E-state index in [0.717, 1.165) is 53.4 Å². The molecule has 0 aromatic heterocycles. The topological polar surface area (TPSA) is 75.7 Å². The van der Waals surface area contributed by atoms with Crippen LogP contribution in [-0.4, -0.2) is 48.9 Å². The summed E-state index contributed by atoms with van der Waals surface area (Å²) in [5, 5.41) is 2.89. The van der Waals surface area contributed by atoms with E-state index >= 15 is 0 Å². The second kappa shape index (κ2) is 12.8. The van der Waals surface area contributed by atoms with E-state index in [0.29, 0.717) is 32.4 Å². The smallest absolute Gasteiger partial charge is 0.407 e. The van der Waals surface area contributed by atoms with Crippen LogP contribution in [0.15, 0.2) is 79.4 Å². The molecule has 1 fully saturated rings. The van der Waals surface area contributed by atoms with E-state index in [-0.39, 0.29) is 18.4 Å². The van der Waals surface area contributed by atoms with Gasteiger partial charge in [-0.3, -0.25) is 4.79 Å². The zero-order valence-corrected chi connectivity index (χ0v) is 22.8. The summed E-state index contributed by atoms with van der Waals surface area (Å²) >= 11 is 0. The molecule has 40 heavy (non-hydrogen) atoms. The van der Waals surface area contributed by atoms with Crippen LogP contribution in [0.1, 0.15) is 60.3 Å². The van der Waals surface area contributed by atoms with Crippen LogP contribution >= 0.6 is 0 Å². The summed E-state index contributed by atoms with van der Waals surface area (Å²) < 4.78 is 5.77. The van der Waals surface area contributed by atoms with E-state index in [9.17, 15) is 14.4 Å². The van der Waals surface area contributed by atoms with Crippen LogP contribution < -0.4 is 5.32 Å². The predicted octanol–water partition coefficient (Wildman–Crippen LogP) is 6.14. The molecule has 6 heteroatoms. The number of hydrogen-bond donors (Lipinski definition) is 1. The molecular weight excluding hydrogens is 500 g/mol. The maximum Gasteiger partial charge on any atom is 0.407 e. The highest BCUT2D eigenvalue weighted by atomic mass is 16.5. The van der Waals surface area contributed by atoms with Crippen molar-refractivity contribution in [1.82, 2.24) is 10.2 Å². The Labute approximate surface area is 236 Å². The lowest BCUT2D eigenvalue weighted by molar-refractivity contribution is -0.134. The van der Waals surface area contributed by atoms with Gasteiger partial charge in [0.25, 0.3) is 0 Å². The van der Waals surface area contributed by atoms with Crippen LogP contribution in [0.5, 0.6) is 0 Å². The van der Waals surface area contributed by atoms with Gasteiger partial charge >= 0.3 is 6.09 Å². The van der Waals surface area contributed by atoms with Crippen molar-refractivity contribution >= 4 is 23.9 Å². The minimum Gasteiger partial charge on any atom is -0.449 e. The quantitative estimate of drug-likeness (QED) is 0.316. The van der Waals surface area contributed by atoms with Crippen LogP contribution in [0.3, 0.4) is 0 Å². The number of carbonyl (C=O) groups excluding carboxylic acids is 3. The molecule has 1 saturated heterocycles. The van der Waals surface area contributed by atoms with Crippen molar-refractivity contribution in [3.05, 3.63) is 102 Å². The highest BCUT2D eigenvalue weighted by Crippen LogP contribution is 2.44. The zero-order valence-electron chi connectivity index (χ0n) is 22.8. The first-order valence-corrected chi connectivity index (χ1v) is 14.2. The summed E-state index contributed by atoms with van der Waals surface area (Å²) in [4.78, 5) is 39.2. The number of hydrogen-bond acceptors (Lipinski definition) is 4. The van der Waals surface area contributed by atoms with Crippen LogP contribution in [-0.2, 0) is 20.7 Å². The Balaban J connectivity index is 1.27. The van der Waals surface area contributed by atoms with Crippen molar-refractivity contribution in [3.63, 3.8) is 0 Å². The number of benzene rings is 3. The van der Waals surface area contributed by atoms with Crippen molar-refractivity contribution in [1.29, 1.82) is 0 Å². The van der Waals surface area contributed by atoms with Gasteiger partial charge in [0.2, 0.25) is 5.91 Å².